The molecule has 1 aliphatic heterocycles. The van der Waals surface area contributed by atoms with E-state index in [4.69, 9.17) is 9.47 Å². The zero-order chi connectivity index (χ0) is 25.3. The number of benzene rings is 1. The summed E-state index contributed by atoms with van der Waals surface area (Å²) in [5.41, 5.74) is -0.0681. The number of amides is 3. The lowest BCUT2D eigenvalue weighted by Crippen LogP contribution is -2.58. The van der Waals surface area contributed by atoms with Crippen molar-refractivity contribution in [3.05, 3.63) is 35.9 Å². The molecule has 0 aliphatic carbocycles. The highest BCUT2D eigenvalue weighted by Gasteiger charge is 2.43. The fraction of sp³-hybridized carbons (Fsp3) is 0.565. The van der Waals surface area contributed by atoms with E-state index in [-0.39, 0.29) is 32.6 Å². The first kappa shape index (κ1) is 26.9. The minimum Gasteiger partial charge on any atom is -0.480 e. The minimum absolute atomic E-state index is 0.0105. The molecule has 1 aromatic carbocycles. The highest BCUT2D eigenvalue weighted by Crippen LogP contribution is 2.27. The smallest absolute Gasteiger partial charge is 0.408 e. The van der Waals surface area contributed by atoms with Gasteiger partial charge in [-0.15, -0.1) is 0 Å². The first-order valence-corrected chi connectivity index (χ1v) is 11.1. The maximum absolute atomic E-state index is 13.4. The second kappa shape index (κ2) is 12.2. The van der Waals surface area contributed by atoms with Crippen molar-refractivity contribution in [1.82, 2.24) is 15.5 Å². The Morgan fingerprint density at radius 3 is 2.38 bits per heavy atom. The zero-order valence-corrected chi connectivity index (χ0v) is 19.7. The summed E-state index contributed by atoms with van der Waals surface area (Å²) in [6.07, 6.45) is -0.890. The lowest BCUT2D eigenvalue weighted by Gasteiger charge is -2.32. The van der Waals surface area contributed by atoms with Crippen LogP contribution in [0.25, 0.3) is 0 Å². The Morgan fingerprint density at radius 1 is 1.12 bits per heavy atom. The lowest BCUT2D eigenvalue weighted by atomic mass is 10.1. The summed E-state index contributed by atoms with van der Waals surface area (Å²) in [4.78, 5) is 50.8. The van der Waals surface area contributed by atoms with Crippen LogP contribution in [0.5, 0.6) is 0 Å². The Labute approximate surface area is 198 Å². The van der Waals surface area contributed by atoms with Crippen molar-refractivity contribution in [3.8, 4) is 0 Å². The number of carboxylic acid groups (broad SMARTS) is 1. The lowest BCUT2D eigenvalue weighted by molar-refractivity contribution is -0.150. The molecular formula is C23H33N3O8. The number of hydrogen-bond donors (Lipinski definition) is 4. The molecule has 188 valence electrons. The van der Waals surface area contributed by atoms with E-state index in [1.165, 1.54) is 0 Å². The summed E-state index contributed by atoms with van der Waals surface area (Å²) in [7, 11) is 0. The Balaban J connectivity index is 2.12. The van der Waals surface area contributed by atoms with Crippen LogP contribution in [0.1, 0.15) is 45.6 Å². The van der Waals surface area contributed by atoms with Gasteiger partial charge in [0, 0.05) is 12.6 Å². The quantitative estimate of drug-likeness (QED) is 0.417. The number of carbonyl (C=O) groups excluding carboxylic acids is 3. The van der Waals surface area contributed by atoms with Crippen molar-refractivity contribution in [2.75, 3.05) is 13.2 Å². The number of nitrogens with zero attached hydrogens (tertiary/aromatic N) is 1. The fourth-order valence-electron chi connectivity index (χ4n) is 3.68. The van der Waals surface area contributed by atoms with Crippen LogP contribution in [0.2, 0.25) is 0 Å². The Bertz CT molecular complexity index is 856. The van der Waals surface area contributed by atoms with Gasteiger partial charge in [-0.1, -0.05) is 30.3 Å². The van der Waals surface area contributed by atoms with E-state index in [1.807, 2.05) is 6.07 Å². The monoisotopic (exact) mass is 479 g/mol. The van der Waals surface area contributed by atoms with Crippen LogP contribution in [-0.2, 0) is 25.7 Å². The zero-order valence-electron chi connectivity index (χ0n) is 19.7. The summed E-state index contributed by atoms with van der Waals surface area (Å²) in [5, 5.41) is 23.8. The van der Waals surface area contributed by atoms with Gasteiger partial charge in [0.2, 0.25) is 5.91 Å². The maximum Gasteiger partial charge on any atom is 0.408 e. The molecular weight excluding hydrogens is 446 g/mol. The third-order valence-electron chi connectivity index (χ3n) is 5.16. The average Bonchev–Trinajstić information content (AvgIpc) is 3.18. The number of carbonyl (C=O) groups is 4. The van der Waals surface area contributed by atoms with Gasteiger partial charge in [0.25, 0.3) is 0 Å². The molecule has 1 saturated heterocycles. The van der Waals surface area contributed by atoms with Crippen LogP contribution in [0.15, 0.2) is 30.3 Å². The summed E-state index contributed by atoms with van der Waals surface area (Å²) >= 11 is 0. The van der Waals surface area contributed by atoms with E-state index in [2.05, 4.69) is 10.6 Å². The van der Waals surface area contributed by atoms with E-state index in [0.717, 1.165) is 10.5 Å². The summed E-state index contributed by atoms with van der Waals surface area (Å²) < 4.78 is 10.4. The summed E-state index contributed by atoms with van der Waals surface area (Å²) in [6, 6.07) is 6.08. The van der Waals surface area contributed by atoms with Crippen LogP contribution < -0.4 is 10.6 Å². The number of nitrogens with one attached hydrogen (secondary N) is 2. The van der Waals surface area contributed by atoms with Crippen molar-refractivity contribution in [1.29, 1.82) is 0 Å². The van der Waals surface area contributed by atoms with Crippen LogP contribution >= 0.6 is 0 Å². The third kappa shape index (κ3) is 8.22. The molecule has 1 fully saturated rings. The molecule has 3 amide bonds. The van der Waals surface area contributed by atoms with Gasteiger partial charge in [-0.25, -0.2) is 14.4 Å². The normalized spacial score (nSPS) is 18.6. The SMILES string of the molecule is CC(C)(C)OC(=O)N[C@@H](CNC(=O)OCc1ccccc1)C(=O)N1C(CCO)CCC1C(=O)O. The molecule has 34 heavy (non-hydrogen) atoms. The number of alkyl carbamates (subject to hydrolysis) is 2. The minimum atomic E-state index is -1.31. The van der Waals surface area contributed by atoms with Crippen molar-refractivity contribution in [2.45, 2.75) is 70.4 Å². The predicted octanol–water partition coefficient (Wildman–Crippen LogP) is 1.63. The van der Waals surface area contributed by atoms with Crippen molar-refractivity contribution in [2.24, 2.45) is 0 Å². The molecule has 1 heterocycles. The highest BCUT2D eigenvalue weighted by atomic mass is 16.6. The second-order valence-electron chi connectivity index (χ2n) is 8.98. The Morgan fingerprint density at radius 2 is 1.79 bits per heavy atom. The van der Waals surface area contributed by atoms with Crippen LogP contribution in [0.3, 0.4) is 0 Å². The fourth-order valence-corrected chi connectivity index (χ4v) is 3.68. The largest absolute Gasteiger partial charge is 0.480 e. The molecule has 4 N–H and O–H groups in total. The van der Waals surface area contributed by atoms with E-state index in [1.54, 1.807) is 45.0 Å². The number of ether oxygens (including phenoxy) is 2. The Kier molecular flexibility index (Phi) is 9.67. The maximum atomic E-state index is 13.4. The number of rotatable bonds is 9. The van der Waals surface area contributed by atoms with E-state index >= 15 is 0 Å². The molecule has 3 atom stereocenters. The standard InChI is InChI=1S/C23H33N3O8/c1-23(2,3)34-22(32)25-17(13-24-21(31)33-14-15-7-5-4-6-8-15)19(28)26-16(11-12-27)9-10-18(26)20(29)30/h4-8,16-18,27H,9-14H2,1-3H3,(H,24,31)(H,25,32)(H,29,30)/t16?,17-,18?/m0/s1. The number of carboxylic acids is 1. The van der Waals surface area contributed by atoms with Gasteiger partial charge in [0.15, 0.2) is 0 Å². The first-order valence-electron chi connectivity index (χ1n) is 11.1. The molecule has 0 bridgehead atoms. The van der Waals surface area contributed by atoms with Crippen molar-refractivity contribution in [3.63, 3.8) is 0 Å². The van der Waals surface area contributed by atoms with Gasteiger partial charge >= 0.3 is 18.2 Å². The average molecular weight is 480 g/mol. The molecule has 11 heteroatoms. The summed E-state index contributed by atoms with van der Waals surface area (Å²) in [6.45, 7) is 4.40. The number of likely N-dealkylation sites (tertiary alicyclic amines) is 1. The number of aliphatic hydroxyl groups is 1. The molecule has 1 aliphatic rings. The molecule has 0 radical (unpaired) electrons. The topological polar surface area (TPSA) is 154 Å². The number of hydrogen-bond acceptors (Lipinski definition) is 7. The van der Waals surface area contributed by atoms with Gasteiger partial charge in [0.05, 0.1) is 6.54 Å². The molecule has 0 saturated carbocycles. The number of aliphatic hydroxyl groups excluding tert-OH is 1. The molecule has 2 unspecified atom stereocenters. The summed E-state index contributed by atoms with van der Waals surface area (Å²) in [5.74, 6) is -1.88. The van der Waals surface area contributed by atoms with Gasteiger partial charge < -0.3 is 35.2 Å². The third-order valence-corrected chi connectivity index (χ3v) is 5.16. The van der Waals surface area contributed by atoms with Crippen LogP contribution in [0.4, 0.5) is 9.59 Å². The van der Waals surface area contributed by atoms with Crippen molar-refractivity contribution < 1.29 is 38.9 Å². The van der Waals surface area contributed by atoms with Crippen molar-refractivity contribution >= 4 is 24.1 Å². The molecule has 0 aromatic heterocycles. The van der Waals surface area contributed by atoms with Crippen LogP contribution in [0, 0.1) is 0 Å². The first-order chi connectivity index (χ1) is 16.0. The van der Waals surface area contributed by atoms with Gasteiger partial charge in [-0.05, 0) is 45.6 Å². The molecule has 11 nitrogen and oxygen atoms in total. The molecule has 2 rings (SSSR count). The van der Waals surface area contributed by atoms with E-state index < -0.39 is 47.8 Å². The van der Waals surface area contributed by atoms with E-state index in [9.17, 15) is 29.4 Å². The van der Waals surface area contributed by atoms with Gasteiger partial charge in [-0.3, -0.25) is 4.79 Å². The van der Waals surface area contributed by atoms with E-state index in [0.29, 0.717) is 6.42 Å². The van der Waals surface area contributed by atoms with Crippen LogP contribution in [-0.4, -0.2) is 76.1 Å². The number of aliphatic carboxylic acids is 1. The Hall–Kier alpha value is -3.34. The predicted molar refractivity (Wildman–Crippen MR) is 121 cm³/mol. The molecule has 1 aromatic rings. The van der Waals surface area contributed by atoms with Gasteiger partial charge in [0.1, 0.15) is 24.3 Å². The van der Waals surface area contributed by atoms with Gasteiger partial charge in [-0.2, -0.15) is 0 Å². The highest BCUT2D eigenvalue weighted by molar-refractivity contribution is 5.90. The molecule has 0 spiro atoms. The second-order valence-corrected chi connectivity index (χ2v) is 8.98.